The van der Waals surface area contributed by atoms with Crippen molar-refractivity contribution in [3.8, 4) is 17.1 Å². The van der Waals surface area contributed by atoms with Crippen molar-refractivity contribution < 1.29 is 21.6 Å². The highest BCUT2D eigenvalue weighted by atomic mass is 35.5. The second-order valence-electron chi connectivity index (χ2n) is 5.91. The third-order valence-electron chi connectivity index (χ3n) is 3.82. The Morgan fingerprint density at radius 1 is 1.11 bits per heavy atom. The van der Waals surface area contributed by atoms with Gasteiger partial charge in [0, 0.05) is 23.0 Å². The summed E-state index contributed by atoms with van der Waals surface area (Å²) in [5.41, 5.74) is 0.227. The smallest absolute Gasteiger partial charge is 0.236 e. The van der Waals surface area contributed by atoms with Crippen LogP contribution in [0.2, 0.25) is 5.02 Å². The Morgan fingerprint density at radius 3 is 2.33 bits per heavy atom. The molecule has 0 saturated heterocycles. The maximum absolute atomic E-state index is 13.2. The molecule has 0 aliphatic carbocycles. The molecule has 0 N–H and O–H groups in total. The minimum absolute atomic E-state index is 0.0432. The molecule has 3 rings (SSSR count). The highest BCUT2D eigenvalue weighted by Crippen LogP contribution is 2.34. The normalized spacial score (nSPS) is 12.4. The standard InChI is InChI=1S/C17H13ClF3N3O2S/c1-10-7-11(3-5-13(10)18)14-8-15(17(19,20)21)23-24(14)16-6-4-12(9-22-16)27(2,25)26/h3-9H,1-2H3. The number of aromatic nitrogens is 3. The van der Waals surface area contributed by atoms with E-state index >= 15 is 0 Å². The largest absolute Gasteiger partial charge is 0.435 e. The number of sulfone groups is 1. The Labute approximate surface area is 158 Å². The van der Waals surface area contributed by atoms with Crippen molar-refractivity contribution in [1.82, 2.24) is 14.8 Å². The molecule has 10 heteroatoms. The highest BCUT2D eigenvalue weighted by Gasteiger charge is 2.35. The molecule has 0 unspecified atom stereocenters. The molecule has 0 radical (unpaired) electrons. The quantitative estimate of drug-likeness (QED) is 0.639. The molecule has 0 fully saturated rings. The fourth-order valence-electron chi connectivity index (χ4n) is 2.42. The van der Waals surface area contributed by atoms with Gasteiger partial charge in [-0.15, -0.1) is 0 Å². The average molecular weight is 416 g/mol. The number of halogens is 4. The first kappa shape index (κ1) is 19.4. The van der Waals surface area contributed by atoms with Crippen LogP contribution in [0, 0.1) is 6.92 Å². The van der Waals surface area contributed by atoms with Crippen molar-refractivity contribution in [2.75, 3.05) is 6.26 Å². The summed E-state index contributed by atoms with van der Waals surface area (Å²) in [6.07, 6.45) is -2.55. The Morgan fingerprint density at radius 2 is 1.81 bits per heavy atom. The minimum Gasteiger partial charge on any atom is -0.236 e. The summed E-state index contributed by atoms with van der Waals surface area (Å²) in [5.74, 6) is 0.0560. The summed E-state index contributed by atoms with van der Waals surface area (Å²) in [5, 5.41) is 4.10. The van der Waals surface area contributed by atoms with Crippen LogP contribution in [0.1, 0.15) is 11.3 Å². The van der Waals surface area contributed by atoms with Gasteiger partial charge in [-0.1, -0.05) is 17.7 Å². The van der Waals surface area contributed by atoms with Crippen LogP contribution >= 0.6 is 11.6 Å². The van der Waals surface area contributed by atoms with Gasteiger partial charge < -0.3 is 0 Å². The molecule has 0 atom stereocenters. The summed E-state index contributed by atoms with van der Waals surface area (Å²) in [6, 6.07) is 8.28. The summed E-state index contributed by atoms with van der Waals surface area (Å²) in [7, 11) is -3.48. The predicted molar refractivity (Wildman–Crippen MR) is 94.7 cm³/mol. The van der Waals surface area contributed by atoms with Crippen LogP contribution in [0.25, 0.3) is 17.1 Å². The van der Waals surface area contributed by atoms with Crippen LogP contribution in [-0.4, -0.2) is 29.4 Å². The second-order valence-corrected chi connectivity index (χ2v) is 8.34. The Hall–Kier alpha value is -2.39. The molecule has 0 saturated carbocycles. The molecular formula is C17H13ClF3N3O2S. The van der Waals surface area contributed by atoms with Gasteiger partial charge in [0.05, 0.1) is 10.6 Å². The number of aryl methyl sites for hydroxylation is 1. The van der Waals surface area contributed by atoms with Crippen molar-refractivity contribution in [3.63, 3.8) is 0 Å². The van der Waals surface area contributed by atoms with Crippen molar-refractivity contribution in [3.05, 3.63) is 58.9 Å². The highest BCUT2D eigenvalue weighted by molar-refractivity contribution is 7.90. The lowest BCUT2D eigenvalue weighted by Gasteiger charge is -2.08. The summed E-state index contributed by atoms with van der Waals surface area (Å²) in [4.78, 5) is 3.92. The fourth-order valence-corrected chi connectivity index (χ4v) is 3.10. The third-order valence-corrected chi connectivity index (χ3v) is 5.34. The zero-order valence-corrected chi connectivity index (χ0v) is 15.7. The van der Waals surface area contributed by atoms with E-state index in [0.717, 1.165) is 23.2 Å². The molecule has 2 heterocycles. The van der Waals surface area contributed by atoms with E-state index < -0.39 is 21.7 Å². The van der Waals surface area contributed by atoms with Gasteiger partial charge in [0.2, 0.25) is 0 Å². The Bertz CT molecular complexity index is 1110. The predicted octanol–water partition coefficient (Wildman–Crippen LogP) is 4.32. The number of nitrogens with zero attached hydrogens (tertiary/aromatic N) is 3. The number of hydrogen-bond acceptors (Lipinski definition) is 4. The molecule has 0 aliphatic heterocycles. The monoisotopic (exact) mass is 415 g/mol. The summed E-state index contributed by atoms with van der Waals surface area (Å²) < 4.78 is 63.7. The van der Waals surface area contributed by atoms with Crippen LogP contribution in [0.3, 0.4) is 0 Å². The van der Waals surface area contributed by atoms with Crippen molar-refractivity contribution in [2.24, 2.45) is 0 Å². The van der Waals surface area contributed by atoms with Crippen molar-refractivity contribution in [2.45, 2.75) is 18.0 Å². The third kappa shape index (κ3) is 3.98. The second kappa shape index (κ2) is 6.65. The Balaban J connectivity index is 2.19. The molecule has 0 bridgehead atoms. The van der Waals surface area contributed by atoms with E-state index in [1.807, 2.05) is 0 Å². The van der Waals surface area contributed by atoms with Gasteiger partial charge in [-0.3, -0.25) is 0 Å². The topological polar surface area (TPSA) is 64.8 Å². The molecule has 0 aliphatic rings. The fraction of sp³-hybridized carbons (Fsp3) is 0.176. The van der Waals surface area contributed by atoms with Gasteiger partial charge in [0.15, 0.2) is 21.3 Å². The van der Waals surface area contributed by atoms with Crippen LogP contribution < -0.4 is 0 Å². The van der Waals surface area contributed by atoms with Crippen molar-refractivity contribution in [1.29, 1.82) is 0 Å². The molecular weight excluding hydrogens is 403 g/mol. The lowest BCUT2D eigenvalue weighted by molar-refractivity contribution is -0.141. The molecule has 2 aromatic heterocycles. The molecule has 142 valence electrons. The van der Waals surface area contributed by atoms with Crippen LogP contribution in [0.4, 0.5) is 13.2 Å². The maximum Gasteiger partial charge on any atom is 0.435 e. The number of hydrogen-bond donors (Lipinski definition) is 0. The summed E-state index contributed by atoms with van der Waals surface area (Å²) >= 11 is 5.99. The molecule has 3 aromatic rings. The van der Waals surface area contributed by atoms with Crippen LogP contribution in [-0.2, 0) is 16.0 Å². The van der Waals surface area contributed by atoms with E-state index in [9.17, 15) is 21.6 Å². The maximum atomic E-state index is 13.2. The van der Waals surface area contributed by atoms with E-state index in [2.05, 4.69) is 10.1 Å². The number of alkyl halides is 3. The van der Waals surface area contributed by atoms with Gasteiger partial charge in [0.1, 0.15) is 0 Å². The van der Waals surface area contributed by atoms with Gasteiger partial charge in [-0.25, -0.2) is 18.1 Å². The average Bonchev–Trinajstić information content (AvgIpc) is 3.02. The van der Waals surface area contributed by atoms with E-state index in [1.54, 1.807) is 25.1 Å². The van der Waals surface area contributed by atoms with Gasteiger partial charge in [-0.05, 0) is 42.8 Å². The zero-order valence-electron chi connectivity index (χ0n) is 14.1. The SMILES string of the molecule is Cc1cc(-c2cc(C(F)(F)F)nn2-c2ccc(S(C)(=O)=O)cn2)ccc1Cl. The zero-order chi connectivity index (χ0) is 20.0. The lowest BCUT2D eigenvalue weighted by Crippen LogP contribution is -2.08. The molecule has 5 nitrogen and oxygen atoms in total. The van der Waals surface area contributed by atoms with Gasteiger partial charge in [0.25, 0.3) is 0 Å². The molecule has 0 spiro atoms. The Kier molecular flexibility index (Phi) is 4.77. The number of pyridine rings is 1. The van der Waals surface area contributed by atoms with E-state index in [4.69, 9.17) is 11.6 Å². The molecule has 0 amide bonds. The van der Waals surface area contributed by atoms with Gasteiger partial charge in [-0.2, -0.15) is 18.3 Å². The summed E-state index contributed by atoms with van der Waals surface area (Å²) in [6.45, 7) is 1.73. The lowest BCUT2D eigenvalue weighted by atomic mass is 10.1. The molecule has 27 heavy (non-hydrogen) atoms. The van der Waals surface area contributed by atoms with E-state index in [1.165, 1.54) is 12.1 Å². The number of benzene rings is 1. The van der Waals surface area contributed by atoms with E-state index in [0.29, 0.717) is 16.1 Å². The minimum atomic E-state index is -4.64. The van der Waals surface area contributed by atoms with Crippen LogP contribution in [0.5, 0.6) is 0 Å². The van der Waals surface area contributed by atoms with Crippen LogP contribution in [0.15, 0.2) is 47.5 Å². The number of rotatable bonds is 3. The van der Waals surface area contributed by atoms with E-state index in [-0.39, 0.29) is 16.4 Å². The van der Waals surface area contributed by atoms with Crippen molar-refractivity contribution >= 4 is 21.4 Å². The first-order valence-corrected chi connectivity index (χ1v) is 9.84. The first-order valence-electron chi connectivity index (χ1n) is 7.57. The van der Waals surface area contributed by atoms with Gasteiger partial charge >= 0.3 is 6.18 Å². The molecule has 1 aromatic carbocycles. The first-order chi connectivity index (χ1) is 12.5.